The first-order chi connectivity index (χ1) is 14.2. The largest absolute Gasteiger partial charge is 0.465 e. The van der Waals surface area contributed by atoms with Crippen LogP contribution in [0, 0.1) is 0 Å². The summed E-state index contributed by atoms with van der Waals surface area (Å²) >= 11 is 1.49. The SMILES string of the molecule is COC(=O)c1cccn2cc(CSc3nc4ccccc4c(=O)n3C3CC3)nc12. The van der Waals surface area contributed by atoms with Crippen molar-refractivity contribution in [2.75, 3.05) is 7.11 Å². The normalized spacial score (nSPS) is 13.8. The first kappa shape index (κ1) is 17.9. The van der Waals surface area contributed by atoms with Crippen LogP contribution >= 0.6 is 11.8 Å². The number of aromatic nitrogens is 4. The number of nitrogens with zero attached hydrogens (tertiary/aromatic N) is 4. The zero-order valence-electron chi connectivity index (χ0n) is 15.7. The molecule has 1 aliphatic rings. The van der Waals surface area contributed by atoms with Crippen LogP contribution in [-0.2, 0) is 10.5 Å². The summed E-state index contributed by atoms with van der Waals surface area (Å²) in [6, 6.07) is 11.2. The third-order valence-electron chi connectivity index (χ3n) is 4.97. The Hall–Kier alpha value is -3.13. The second kappa shape index (κ2) is 7.04. The van der Waals surface area contributed by atoms with Crippen LogP contribution in [0.25, 0.3) is 16.6 Å². The van der Waals surface area contributed by atoms with Gasteiger partial charge in [-0.3, -0.25) is 9.36 Å². The van der Waals surface area contributed by atoms with Gasteiger partial charge in [0.15, 0.2) is 10.8 Å². The molecule has 1 fully saturated rings. The molecule has 1 aliphatic carbocycles. The van der Waals surface area contributed by atoms with Crippen molar-refractivity contribution in [1.82, 2.24) is 18.9 Å². The number of para-hydroxylation sites is 1. The molecule has 0 spiro atoms. The minimum absolute atomic E-state index is 0.0172. The second-order valence-corrected chi connectivity index (χ2v) is 7.93. The number of esters is 1. The van der Waals surface area contributed by atoms with Crippen molar-refractivity contribution in [3.05, 3.63) is 70.4 Å². The van der Waals surface area contributed by atoms with Gasteiger partial charge in [-0.05, 0) is 37.1 Å². The van der Waals surface area contributed by atoms with E-state index in [9.17, 15) is 9.59 Å². The van der Waals surface area contributed by atoms with E-state index in [1.54, 1.807) is 12.1 Å². The van der Waals surface area contributed by atoms with Crippen molar-refractivity contribution in [3.63, 3.8) is 0 Å². The Morgan fingerprint density at radius 2 is 2.03 bits per heavy atom. The van der Waals surface area contributed by atoms with Gasteiger partial charge in [0, 0.05) is 24.2 Å². The molecule has 3 aromatic heterocycles. The number of rotatable bonds is 5. The number of ether oxygens (including phenoxy) is 1. The third-order valence-corrected chi connectivity index (χ3v) is 5.96. The van der Waals surface area contributed by atoms with Crippen molar-refractivity contribution >= 4 is 34.3 Å². The average molecular weight is 406 g/mol. The number of thioether (sulfide) groups is 1. The van der Waals surface area contributed by atoms with Gasteiger partial charge in [0.1, 0.15) is 5.56 Å². The smallest absolute Gasteiger partial charge is 0.341 e. The topological polar surface area (TPSA) is 78.5 Å². The molecule has 0 N–H and O–H groups in total. The first-order valence-electron chi connectivity index (χ1n) is 9.34. The quantitative estimate of drug-likeness (QED) is 0.287. The predicted molar refractivity (Wildman–Crippen MR) is 110 cm³/mol. The van der Waals surface area contributed by atoms with Gasteiger partial charge in [-0.15, -0.1) is 0 Å². The van der Waals surface area contributed by atoms with Gasteiger partial charge in [-0.1, -0.05) is 23.9 Å². The summed E-state index contributed by atoms with van der Waals surface area (Å²) in [4.78, 5) is 34.3. The number of methoxy groups -OCH3 is 1. The molecule has 146 valence electrons. The molecule has 3 heterocycles. The van der Waals surface area contributed by atoms with Gasteiger partial charge in [-0.25, -0.2) is 14.8 Å². The number of pyridine rings is 1. The standard InChI is InChI=1S/C21H18N4O3S/c1-28-20(27)16-6-4-10-24-11-13(22-18(16)24)12-29-21-23-17-7-3-2-5-15(17)19(26)25(21)14-8-9-14/h2-7,10-11,14H,8-9,12H2,1H3. The van der Waals surface area contributed by atoms with Crippen molar-refractivity contribution < 1.29 is 9.53 Å². The highest BCUT2D eigenvalue weighted by Crippen LogP contribution is 2.37. The van der Waals surface area contributed by atoms with Crippen LogP contribution in [0.1, 0.15) is 34.9 Å². The summed E-state index contributed by atoms with van der Waals surface area (Å²) in [5, 5.41) is 1.36. The molecular formula is C21H18N4O3S. The van der Waals surface area contributed by atoms with Gasteiger partial charge in [0.2, 0.25) is 0 Å². The number of imidazole rings is 1. The molecule has 0 saturated heterocycles. The summed E-state index contributed by atoms with van der Waals surface area (Å²) in [6.45, 7) is 0. The van der Waals surface area contributed by atoms with Crippen molar-refractivity contribution in [3.8, 4) is 0 Å². The van der Waals surface area contributed by atoms with E-state index in [1.807, 2.05) is 45.6 Å². The van der Waals surface area contributed by atoms with E-state index in [4.69, 9.17) is 9.72 Å². The van der Waals surface area contributed by atoms with Gasteiger partial charge < -0.3 is 9.14 Å². The lowest BCUT2D eigenvalue weighted by Crippen LogP contribution is -2.22. The van der Waals surface area contributed by atoms with E-state index >= 15 is 0 Å². The van der Waals surface area contributed by atoms with Crippen LogP contribution in [0.4, 0.5) is 0 Å². The summed E-state index contributed by atoms with van der Waals surface area (Å²) in [5.74, 6) is 0.124. The fourth-order valence-electron chi connectivity index (χ4n) is 3.42. The molecule has 0 radical (unpaired) electrons. The maximum Gasteiger partial charge on any atom is 0.341 e. The fraction of sp³-hybridized carbons (Fsp3) is 0.238. The molecule has 5 rings (SSSR count). The highest BCUT2D eigenvalue weighted by atomic mass is 32.2. The minimum atomic E-state index is -0.417. The Labute approximate surface area is 170 Å². The van der Waals surface area contributed by atoms with Crippen LogP contribution in [-0.4, -0.2) is 32.0 Å². The summed E-state index contributed by atoms with van der Waals surface area (Å²) in [6.07, 6.45) is 5.74. The Kier molecular flexibility index (Phi) is 4.35. The van der Waals surface area contributed by atoms with Gasteiger partial charge in [-0.2, -0.15) is 0 Å². The third kappa shape index (κ3) is 3.19. The molecule has 0 aliphatic heterocycles. The van der Waals surface area contributed by atoms with E-state index < -0.39 is 5.97 Å². The van der Waals surface area contributed by atoms with Gasteiger partial charge in [0.05, 0.1) is 23.7 Å². The maximum atomic E-state index is 13.0. The minimum Gasteiger partial charge on any atom is -0.465 e. The van der Waals surface area contributed by atoms with Crippen molar-refractivity contribution in [2.24, 2.45) is 0 Å². The highest BCUT2D eigenvalue weighted by molar-refractivity contribution is 7.98. The lowest BCUT2D eigenvalue weighted by atomic mass is 10.2. The molecule has 0 unspecified atom stereocenters. The summed E-state index contributed by atoms with van der Waals surface area (Å²) in [5.41, 5.74) is 2.51. The first-order valence-corrected chi connectivity index (χ1v) is 10.3. The van der Waals surface area contributed by atoms with E-state index in [0.717, 1.165) is 18.5 Å². The zero-order valence-corrected chi connectivity index (χ0v) is 16.6. The number of fused-ring (bicyclic) bond motifs is 2. The molecule has 4 aromatic rings. The summed E-state index contributed by atoms with van der Waals surface area (Å²) in [7, 11) is 1.36. The number of hydrogen-bond donors (Lipinski definition) is 0. The van der Waals surface area contributed by atoms with E-state index in [1.165, 1.54) is 18.9 Å². The fourth-order valence-corrected chi connectivity index (χ4v) is 4.37. The predicted octanol–water partition coefficient (Wildman–Crippen LogP) is 3.46. The number of carbonyl (C=O) groups is 1. The highest BCUT2D eigenvalue weighted by Gasteiger charge is 2.28. The van der Waals surface area contributed by atoms with Crippen LogP contribution in [0.2, 0.25) is 0 Å². The molecule has 0 amide bonds. The second-order valence-electron chi connectivity index (χ2n) is 6.98. The van der Waals surface area contributed by atoms with Gasteiger partial charge >= 0.3 is 5.97 Å². The van der Waals surface area contributed by atoms with Crippen LogP contribution < -0.4 is 5.56 Å². The molecule has 8 heteroatoms. The van der Waals surface area contributed by atoms with Crippen LogP contribution in [0.15, 0.2) is 58.7 Å². The van der Waals surface area contributed by atoms with Gasteiger partial charge in [0.25, 0.3) is 5.56 Å². The lowest BCUT2D eigenvalue weighted by molar-refractivity contribution is 0.0602. The average Bonchev–Trinajstić information content (AvgIpc) is 3.49. The Morgan fingerprint density at radius 3 is 2.83 bits per heavy atom. The van der Waals surface area contributed by atoms with E-state index in [-0.39, 0.29) is 11.6 Å². The van der Waals surface area contributed by atoms with E-state index in [2.05, 4.69) is 4.98 Å². The van der Waals surface area contributed by atoms with Crippen LogP contribution in [0.3, 0.4) is 0 Å². The molecule has 0 bridgehead atoms. The lowest BCUT2D eigenvalue weighted by Gasteiger charge is -2.11. The van der Waals surface area contributed by atoms with Crippen LogP contribution in [0.5, 0.6) is 0 Å². The molecule has 29 heavy (non-hydrogen) atoms. The number of benzene rings is 1. The molecule has 0 atom stereocenters. The Balaban J connectivity index is 1.50. The zero-order chi connectivity index (χ0) is 20.0. The Morgan fingerprint density at radius 1 is 1.21 bits per heavy atom. The molecule has 1 saturated carbocycles. The van der Waals surface area contributed by atoms with Crippen molar-refractivity contribution in [1.29, 1.82) is 0 Å². The molecule has 1 aromatic carbocycles. The Bertz CT molecular complexity index is 1310. The maximum absolute atomic E-state index is 13.0. The van der Waals surface area contributed by atoms with E-state index in [0.29, 0.717) is 33.0 Å². The molecular weight excluding hydrogens is 388 g/mol. The monoisotopic (exact) mass is 406 g/mol. The number of hydrogen-bond acceptors (Lipinski definition) is 6. The number of carbonyl (C=O) groups excluding carboxylic acids is 1. The molecule has 7 nitrogen and oxygen atoms in total. The van der Waals surface area contributed by atoms with Crippen molar-refractivity contribution in [2.45, 2.75) is 29.8 Å². The summed E-state index contributed by atoms with van der Waals surface area (Å²) < 4.78 is 8.47.